The van der Waals surface area contributed by atoms with Crippen LogP contribution in [0.3, 0.4) is 0 Å². The SMILES string of the molecule is NCCN(C1CCCC1)S(=O)(=O)c1cnc[nH]1. The third kappa shape index (κ3) is 2.51. The molecule has 0 saturated heterocycles. The Kier molecular flexibility index (Phi) is 3.80. The lowest BCUT2D eigenvalue weighted by Crippen LogP contribution is -2.42. The number of hydrogen-bond acceptors (Lipinski definition) is 4. The summed E-state index contributed by atoms with van der Waals surface area (Å²) < 4.78 is 26.3. The lowest BCUT2D eigenvalue weighted by Gasteiger charge is -2.26. The standard InChI is InChI=1S/C10H18N4O2S/c11-5-6-14(9-3-1-2-4-9)17(15,16)10-7-12-8-13-10/h7-9H,1-6,11H2,(H,12,13). The summed E-state index contributed by atoms with van der Waals surface area (Å²) in [4.78, 5) is 6.42. The summed E-state index contributed by atoms with van der Waals surface area (Å²) in [6.45, 7) is 0.704. The van der Waals surface area contributed by atoms with Crippen molar-refractivity contribution < 1.29 is 8.42 Å². The van der Waals surface area contributed by atoms with Gasteiger partial charge < -0.3 is 10.7 Å². The molecule has 0 aromatic carbocycles. The number of imidazole rings is 1. The molecule has 0 bridgehead atoms. The molecule has 3 N–H and O–H groups in total. The summed E-state index contributed by atoms with van der Waals surface area (Å²) in [7, 11) is -3.47. The van der Waals surface area contributed by atoms with E-state index in [0.29, 0.717) is 13.1 Å². The Bertz CT molecular complexity index is 437. The van der Waals surface area contributed by atoms with Gasteiger partial charge in [0.2, 0.25) is 0 Å². The fourth-order valence-electron chi connectivity index (χ4n) is 2.33. The number of aromatic amines is 1. The number of nitrogens with one attached hydrogen (secondary N) is 1. The summed E-state index contributed by atoms with van der Waals surface area (Å²) >= 11 is 0. The van der Waals surface area contributed by atoms with Crippen molar-refractivity contribution >= 4 is 10.0 Å². The first-order valence-corrected chi connectivity index (χ1v) is 7.30. The molecule has 6 nitrogen and oxygen atoms in total. The Labute approximate surface area is 101 Å². The molecule has 0 amide bonds. The first kappa shape index (κ1) is 12.5. The average Bonchev–Trinajstić information content (AvgIpc) is 2.97. The highest BCUT2D eigenvalue weighted by Crippen LogP contribution is 2.27. The third-order valence-electron chi connectivity index (χ3n) is 3.14. The second kappa shape index (κ2) is 5.16. The maximum absolute atomic E-state index is 12.4. The molecule has 1 aliphatic rings. The van der Waals surface area contributed by atoms with Crippen molar-refractivity contribution in [3.8, 4) is 0 Å². The topological polar surface area (TPSA) is 92.1 Å². The van der Waals surface area contributed by atoms with Gasteiger partial charge in [-0.1, -0.05) is 12.8 Å². The normalized spacial score (nSPS) is 18.0. The number of H-pyrrole nitrogens is 1. The molecule has 1 fully saturated rings. The van der Waals surface area contributed by atoms with Gasteiger partial charge in [-0.3, -0.25) is 0 Å². The molecule has 1 aliphatic carbocycles. The van der Waals surface area contributed by atoms with Crippen LogP contribution in [0.2, 0.25) is 0 Å². The Morgan fingerprint density at radius 3 is 2.71 bits per heavy atom. The van der Waals surface area contributed by atoms with E-state index >= 15 is 0 Å². The van der Waals surface area contributed by atoms with Crippen LogP contribution in [0, 0.1) is 0 Å². The Morgan fingerprint density at radius 1 is 1.47 bits per heavy atom. The third-order valence-corrected chi connectivity index (χ3v) is 5.02. The van der Waals surface area contributed by atoms with E-state index in [1.807, 2.05) is 0 Å². The molecule has 0 spiro atoms. The lowest BCUT2D eigenvalue weighted by atomic mass is 10.2. The molecule has 0 radical (unpaired) electrons. The van der Waals surface area contributed by atoms with E-state index in [-0.39, 0.29) is 11.1 Å². The fourth-order valence-corrected chi connectivity index (χ4v) is 3.93. The summed E-state index contributed by atoms with van der Waals surface area (Å²) in [5.41, 5.74) is 5.52. The van der Waals surface area contributed by atoms with Gasteiger partial charge >= 0.3 is 0 Å². The van der Waals surface area contributed by atoms with Gasteiger partial charge in [-0.25, -0.2) is 13.4 Å². The molecule has 0 aliphatic heterocycles. The van der Waals surface area contributed by atoms with Crippen LogP contribution < -0.4 is 5.73 Å². The van der Waals surface area contributed by atoms with Gasteiger partial charge in [0.05, 0.1) is 12.5 Å². The van der Waals surface area contributed by atoms with E-state index in [0.717, 1.165) is 25.7 Å². The largest absolute Gasteiger partial charge is 0.335 e. The van der Waals surface area contributed by atoms with Crippen LogP contribution >= 0.6 is 0 Å². The number of aromatic nitrogens is 2. The van der Waals surface area contributed by atoms with E-state index in [4.69, 9.17) is 5.73 Å². The zero-order chi connectivity index (χ0) is 12.3. The maximum atomic E-state index is 12.4. The van der Waals surface area contributed by atoms with Gasteiger partial charge in [-0.2, -0.15) is 4.31 Å². The summed E-state index contributed by atoms with van der Waals surface area (Å²) in [6, 6.07) is 0.0897. The molecule has 0 atom stereocenters. The van der Waals surface area contributed by atoms with Crippen LogP contribution in [0.15, 0.2) is 17.6 Å². The Balaban J connectivity index is 2.26. The number of nitrogens with zero attached hydrogens (tertiary/aromatic N) is 2. The number of nitrogens with two attached hydrogens (primary N) is 1. The maximum Gasteiger partial charge on any atom is 0.260 e. The van der Waals surface area contributed by atoms with E-state index in [1.165, 1.54) is 16.8 Å². The fraction of sp³-hybridized carbons (Fsp3) is 0.700. The van der Waals surface area contributed by atoms with Crippen molar-refractivity contribution in [1.82, 2.24) is 14.3 Å². The highest BCUT2D eigenvalue weighted by atomic mass is 32.2. The minimum absolute atomic E-state index is 0.0897. The molecular formula is C10H18N4O2S. The van der Waals surface area contributed by atoms with Gasteiger partial charge in [0.15, 0.2) is 5.03 Å². The predicted molar refractivity (Wildman–Crippen MR) is 63.8 cm³/mol. The van der Waals surface area contributed by atoms with E-state index in [1.54, 1.807) is 0 Å². The zero-order valence-corrected chi connectivity index (χ0v) is 10.5. The summed E-state index contributed by atoms with van der Waals surface area (Å²) in [6.07, 6.45) is 6.74. The van der Waals surface area contributed by atoms with E-state index in [2.05, 4.69) is 9.97 Å². The van der Waals surface area contributed by atoms with Crippen LogP contribution in [0.25, 0.3) is 0 Å². The van der Waals surface area contributed by atoms with Crippen molar-refractivity contribution in [2.24, 2.45) is 5.73 Å². The van der Waals surface area contributed by atoms with Crippen LogP contribution in [0.4, 0.5) is 0 Å². The van der Waals surface area contributed by atoms with Gasteiger partial charge in [0, 0.05) is 19.1 Å². The van der Waals surface area contributed by atoms with Gasteiger partial charge in [0.1, 0.15) is 0 Å². The number of rotatable bonds is 5. The lowest BCUT2D eigenvalue weighted by molar-refractivity contribution is 0.328. The van der Waals surface area contributed by atoms with Crippen LogP contribution in [0.5, 0.6) is 0 Å². The van der Waals surface area contributed by atoms with E-state index in [9.17, 15) is 8.42 Å². The second-order valence-corrected chi connectivity index (χ2v) is 6.12. The average molecular weight is 258 g/mol. The molecule has 1 aromatic heterocycles. The van der Waals surface area contributed by atoms with Crippen molar-refractivity contribution in [2.75, 3.05) is 13.1 Å². The molecule has 2 rings (SSSR count). The van der Waals surface area contributed by atoms with Crippen molar-refractivity contribution in [2.45, 2.75) is 36.8 Å². The minimum Gasteiger partial charge on any atom is -0.335 e. The molecule has 17 heavy (non-hydrogen) atoms. The van der Waals surface area contributed by atoms with Crippen molar-refractivity contribution in [1.29, 1.82) is 0 Å². The molecule has 1 saturated carbocycles. The summed E-state index contributed by atoms with van der Waals surface area (Å²) in [5, 5.41) is 0.151. The molecule has 0 unspecified atom stereocenters. The highest BCUT2D eigenvalue weighted by Gasteiger charge is 2.33. The van der Waals surface area contributed by atoms with E-state index < -0.39 is 10.0 Å². The van der Waals surface area contributed by atoms with Crippen LogP contribution in [-0.2, 0) is 10.0 Å². The minimum atomic E-state index is -3.47. The van der Waals surface area contributed by atoms with Gasteiger partial charge in [-0.05, 0) is 12.8 Å². The molecule has 7 heteroatoms. The first-order valence-electron chi connectivity index (χ1n) is 5.86. The Hall–Kier alpha value is -0.920. The van der Waals surface area contributed by atoms with Crippen LogP contribution in [0.1, 0.15) is 25.7 Å². The quantitative estimate of drug-likeness (QED) is 0.794. The smallest absolute Gasteiger partial charge is 0.260 e. The molecule has 96 valence electrons. The van der Waals surface area contributed by atoms with Crippen molar-refractivity contribution in [3.63, 3.8) is 0 Å². The van der Waals surface area contributed by atoms with Crippen LogP contribution in [-0.4, -0.2) is 41.8 Å². The molecule has 1 heterocycles. The Morgan fingerprint density at radius 2 is 2.18 bits per heavy atom. The predicted octanol–water partition coefficient (Wildman–Crippen LogP) is 0.302. The molecule has 1 aromatic rings. The van der Waals surface area contributed by atoms with Gasteiger partial charge in [0.25, 0.3) is 10.0 Å². The number of hydrogen-bond donors (Lipinski definition) is 2. The first-order chi connectivity index (χ1) is 8.16. The summed E-state index contributed by atoms with van der Waals surface area (Å²) in [5.74, 6) is 0. The second-order valence-electron chi connectivity index (χ2n) is 4.26. The number of sulfonamides is 1. The van der Waals surface area contributed by atoms with Gasteiger partial charge in [-0.15, -0.1) is 0 Å². The van der Waals surface area contributed by atoms with Crippen molar-refractivity contribution in [3.05, 3.63) is 12.5 Å². The monoisotopic (exact) mass is 258 g/mol. The molecular weight excluding hydrogens is 240 g/mol. The zero-order valence-electron chi connectivity index (χ0n) is 9.67. The highest BCUT2D eigenvalue weighted by molar-refractivity contribution is 7.89.